The maximum Gasteiger partial charge on any atom is 0.242 e. The first kappa shape index (κ1) is 26.3. The average molecular weight is 490 g/mol. The van der Waals surface area contributed by atoms with Crippen molar-refractivity contribution >= 4 is 30.3 Å². The Kier molecular flexibility index (Phi) is 10.8. The summed E-state index contributed by atoms with van der Waals surface area (Å²) in [7, 11) is 0. The highest BCUT2D eigenvalue weighted by Gasteiger charge is 2.01. The monoisotopic (exact) mass is 489 g/mol. The Balaban J connectivity index is 0.000000526. The van der Waals surface area contributed by atoms with E-state index in [0.717, 1.165) is 55.1 Å². The molecule has 3 aromatic rings. The van der Waals surface area contributed by atoms with Crippen molar-refractivity contribution in [2.75, 3.05) is 31.6 Å². The zero-order valence-corrected chi connectivity index (χ0v) is 19.9. The molecule has 1 aromatic carbocycles. The summed E-state index contributed by atoms with van der Waals surface area (Å²) in [5.74, 6) is -0.376. The molecule has 2 aromatic heterocycles. The van der Waals surface area contributed by atoms with Crippen LogP contribution in [0.1, 0.15) is 12.6 Å². The van der Waals surface area contributed by atoms with Crippen molar-refractivity contribution in [3.05, 3.63) is 78.9 Å². The maximum absolute atomic E-state index is 12.7. The van der Waals surface area contributed by atoms with Gasteiger partial charge >= 0.3 is 0 Å². The molecule has 1 aliphatic rings. The fraction of sp³-hybridized carbons (Fsp3) is 0.200. The van der Waals surface area contributed by atoms with Gasteiger partial charge in [-0.15, -0.1) is 0 Å². The van der Waals surface area contributed by atoms with E-state index in [0.29, 0.717) is 5.69 Å². The van der Waals surface area contributed by atoms with Crippen molar-refractivity contribution in [2.45, 2.75) is 6.92 Å². The third-order valence-corrected chi connectivity index (χ3v) is 4.54. The molecule has 11 heteroatoms. The summed E-state index contributed by atoms with van der Waals surface area (Å²) in [6, 6.07) is 13.4. The number of guanidine groups is 1. The Morgan fingerprint density at radius 2 is 2.00 bits per heavy atom. The predicted octanol–water partition coefficient (Wildman–Crippen LogP) is 3.70. The number of nitrogens with zero attached hydrogens (tertiary/aromatic N) is 6. The van der Waals surface area contributed by atoms with Gasteiger partial charge in [-0.1, -0.05) is 12.1 Å². The summed E-state index contributed by atoms with van der Waals surface area (Å²) in [5, 5.41) is 10.4. The van der Waals surface area contributed by atoms with Gasteiger partial charge < -0.3 is 15.4 Å². The van der Waals surface area contributed by atoms with Crippen LogP contribution in [0.15, 0.2) is 88.3 Å². The number of allylic oxidation sites excluding steroid dienone is 1. The second-order valence-electron chi connectivity index (χ2n) is 7.33. The fourth-order valence-electron chi connectivity index (χ4n) is 2.87. The largest absolute Gasteiger partial charge is 0.379 e. The molecule has 186 valence electrons. The standard InChI is InChI=1S/C21H19FN8.C4H9NO/c1-15(22)11-26-21(23-2)30-28-13-18-6-7-19(12-25-18)29-17-5-3-4-16(10-17)20-8-9-24-14-27-20;1-3-6-4-2-5-1/h3-14,29H,2H2,1H3,(H,26,30);5H,1-4H2/b15-11+,28-13+;. The Morgan fingerprint density at radius 3 is 2.61 bits per heavy atom. The average Bonchev–Trinajstić information content (AvgIpc) is 2.93. The highest BCUT2D eigenvalue weighted by atomic mass is 19.1. The summed E-state index contributed by atoms with van der Waals surface area (Å²) in [6.45, 7) is 8.45. The van der Waals surface area contributed by atoms with Crippen LogP contribution in [-0.4, -0.2) is 60.1 Å². The highest BCUT2D eigenvalue weighted by molar-refractivity contribution is 5.86. The van der Waals surface area contributed by atoms with E-state index in [1.54, 1.807) is 18.5 Å². The van der Waals surface area contributed by atoms with Crippen molar-refractivity contribution in [2.24, 2.45) is 15.1 Å². The normalized spacial score (nSPS) is 14.1. The van der Waals surface area contributed by atoms with E-state index in [1.165, 1.54) is 19.5 Å². The van der Waals surface area contributed by atoms with Crippen LogP contribution in [0.3, 0.4) is 0 Å². The Morgan fingerprint density at radius 1 is 1.14 bits per heavy atom. The lowest BCUT2D eigenvalue weighted by atomic mass is 10.1. The topological polar surface area (TPSA) is 121 Å². The minimum Gasteiger partial charge on any atom is -0.379 e. The lowest BCUT2D eigenvalue weighted by Gasteiger charge is -2.10. The van der Waals surface area contributed by atoms with Gasteiger partial charge in [0.15, 0.2) is 0 Å². The molecule has 0 spiro atoms. The van der Waals surface area contributed by atoms with E-state index >= 15 is 0 Å². The molecule has 0 aliphatic carbocycles. The number of benzene rings is 1. The summed E-state index contributed by atoms with van der Waals surface area (Å²) in [5.41, 5.74) is 6.73. The molecule has 0 saturated carbocycles. The zero-order chi connectivity index (χ0) is 25.4. The highest BCUT2D eigenvalue weighted by Crippen LogP contribution is 2.22. The molecule has 0 unspecified atom stereocenters. The van der Waals surface area contributed by atoms with E-state index in [2.05, 4.69) is 52.8 Å². The minimum absolute atomic E-state index is 0.0742. The van der Waals surface area contributed by atoms with Crippen molar-refractivity contribution in [3.63, 3.8) is 0 Å². The van der Waals surface area contributed by atoms with E-state index in [-0.39, 0.29) is 5.96 Å². The molecule has 10 nitrogen and oxygen atoms in total. The number of ether oxygens (including phenoxy) is 1. The minimum atomic E-state index is -0.450. The summed E-state index contributed by atoms with van der Waals surface area (Å²) in [4.78, 5) is 19.9. The molecule has 4 rings (SSSR count). The number of hydrazone groups is 1. The molecule has 0 atom stereocenters. The van der Waals surface area contributed by atoms with Gasteiger partial charge in [0.2, 0.25) is 5.96 Å². The molecule has 0 radical (unpaired) electrons. The van der Waals surface area contributed by atoms with Gasteiger partial charge in [0.05, 0.1) is 48.9 Å². The van der Waals surface area contributed by atoms with Gasteiger partial charge in [0, 0.05) is 30.5 Å². The van der Waals surface area contributed by atoms with Crippen LogP contribution >= 0.6 is 0 Å². The first-order valence-electron chi connectivity index (χ1n) is 11.2. The van der Waals surface area contributed by atoms with Gasteiger partial charge in [0.1, 0.15) is 12.2 Å². The molecular formula is C25H28FN9O. The molecule has 1 fully saturated rings. The molecule has 1 saturated heterocycles. The second-order valence-corrected chi connectivity index (χ2v) is 7.33. The van der Waals surface area contributed by atoms with E-state index < -0.39 is 5.83 Å². The number of pyridine rings is 1. The van der Waals surface area contributed by atoms with Crippen molar-refractivity contribution in [1.82, 2.24) is 25.7 Å². The van der Waals surface area contributed by atoms with Gasteiger partial charge in [-0.2, -0.15) is 5.10 Å². The lowest BCUT2D eigenvalue weighted by molar-refractivity contribution is 0.109. The van der Waals surface area contributed by atoms with Crippen molar-refractivity contribution < 1.29 is 9.13 Å². The van der Waals surface area contributed by atoms with Crippen LogP contribution in [0.5, 0.6) is 0 Å². The van der Waals surface area contributed by atoms with Crippen molar-refractivity contribution in [1.29, 1.82) is 0 Å². The quantitative estimate of drug-likeness (QED) is 0.274. The number of nitrogens with one attached hydrogen (secondary N) is 3. The molecule has 1 aliphatic heterocycles. The first-order chi connectivity index (χ1) is 17.6. The number of aliphatic imine (C=N–C) groups is 2. The van der Waals surface area contributed by atoms with E-state index in [1.807, 2.05) is 36.4 Å². The number of aromatic nitrogens is 3. The van der Waals surface area contributed by atoms with E-state index in [9.17, 15) is 4.39 Å². The summed E-state index contributed by atoms with van der Waals surface area (Å²) >= 11 is 0. The van der Waals surface area contributed by atoms with Gasteiger partial charge in [-0.3, -0.25) is 4.98 Å². The number of halogens is 1. The van der Waals surface area contributed by atoms with Crippen LogP contribution in [0, 0.1) is 0 Å². The zero-order valence-electron chi connectivity index (χ0n) is 19.9. The van der Waals surface area contributed by atoms with Gasteiger partial charge in [-0.25, -0.2) is 29.8 Å². The summed E-state index contributed by atoms with van der Waals surface area (Å²) < 4.78 is 17.7. The SMILES string of the molecule is C1COCCN1.C=NC(=N/C=C(\C)F)N/N=C/c1ccc(Nc2cccc(-c3ccncn3)c2)cn1. The lowest BCUT2D eigenvalue weighted by Crippen LogP contribution is -2.30. The molecule has 0 amide bonds. The van der Waals surface area contributed by atoms with Crippen LogP contribution in [0.25, 0.3) is 11.3 Å². The summed E-state index contributed by atoms with van der Waals surface area (Å²) in [6.07, 6.45) is 7.43. The van der Waals surface area contributed by atoms with Crippen LogP contribution < -0.4 is 16.1 Å². The third-order valence-electron chi connectivity index (χ3n) is 4.54. The Bertz CT molecular complexity index is 1160. The Hall–Kier alpha value is -4.35. The molecule has 3 heterocycles. The Labute approximate surface area is 209 Å². The number of hydrogen-bond acceptors (Lipinski definition) is 8. The van der Waals surface area contributed by atoms with Gasteiger partial charge in [-0.05, 0) is 44.0 Å². The fourth-order valence-corrected chi connectivity index (χ4v) is 2.87. The second kappa shape index (κ2) is 14.8. The number of rotatable bonds is 6. The molecular weight excluding hydrogens is 461 g/mol. The predicted molar refractivity (Wildman–Crippen MR) is 141 cm³/mol. The number of hydrogen-bond donors (Lipinski definition) is 3. The van der Waals surface area contributed by atoms with Crippen LogP contribution in [0.2, 0.25) is 0 Å². The van der Waals surface area contributed by atoms with Crippen LogP contribution in [0.4, 0.5) is 15.8 Å². The number of anilines is 2. The maximum atomic E-state index is 12.7. The van der Waals surface area contributed by atoms with Crippen molar-refractivity contribution in [3.8, 4) is 11.3 Å². The smallest absolute Gasteiger partial charge is 0.242 e. The molecule has 36 heavy (non-hydrogen) atoms. The van der Waals surface area contributed by atoms with Gasteiger partial charge in [0.25, 0.3) is 0 Å². The third kappa shape index (κ3) is 9.49. The molecule has 3 N–H and O–H groups in total. The van der Waals surface area contributed by atoms with Crippen LogP contribution in [-0.2, 0) is 4.74 Å². The molecule has 0 bridgehead atoms. The first-order valence-corrected chi connectivity index (χ1v) is 11.2. The number of morpholine rings is 1. The van der Waals surface area contributed by atoms with E-state index in [4.69, 9.17) is 4.74 Å².